The number of hydrogen-bond donors (Lipinski definition) is 1. The Hall–Kier alpha value is -3.07. The van der Waals surface area contributed by atoms with Gasteiger partial charge in [0.2, 0.25) is 0 Å². The van der Waals surface area contributed by atoms with Crippen LogP contribution in [0.5, 0.6) is 0 Å². The van der Waals surface area contributed by atoms with Gasteiger partial charge in [-0.3, -0.25) is 9.78 Å². The highest BCUT2D eigenvalue weighted by Gasteiger charge is 2.22. The normalized spacial score (nSPS) is 12.0. The molecule has 0 saturated heterocycles. The first-order valence-corrected chi connectivity index (χ1v) is 9.05. The van der Waals surface area contributed by atoms with Gasteiger partial charge >= 0.3 is 11.9 Å². The van der Waals surface area contributed by atoms with Crippen LogP contribution in [0.3, 0.4) is 0 Å². The van der Waals surface area contributed by atoms with E-state index in [0.717, 1.165) is 11.3 Å². The lowest BCUT2D eigenvalue weighted by molar-refractivity contribution is 0.0319. The molecule has 3 heterocycles. The smallest absolute Gasteiger partial charge is 0.348 e. The number of ether oxygens (including phenoxy) is 2. The van der Waals surface area contributed by atoms with Crippen molar-refractivity contribution in [3.05, 3.63) is 56.7 Å². The summed E-state index contributed by atoms with van der Waals surface area (Å²) in [5.41, 5.74) is 0.470. The summed E-state index contributed by atoms with van der Waals surface area (Å²) in [5.74, 6) is -0.843. The van der Waals surface area contributed by atoms with Crippen LogP contribution in [-0.4, -0.2) is 33.5 Å². The number of H-pyrrole nitrogens is 1. The molecule has 27 heavy (non-hydrogen) atoms. The molecule has 0 amide bonds. The molecule has 0 aliphatic heterocycles. The van der Waals surface area contributed by atoms with Crippen LogP contribution in [0.4, 0.5) is 0 Å². The number of esters is 2. The zero-order chi connectivity index (χ0) is 19.6. The molecule has 0 aromatic carbocycles. The predicted molar refractivity (Wildman–Crippen MR) is 99.0 cm³/mol. The number of aryl methyl sites for hydroxylation is 1. The molecule has 140 valence electrons. The minimum absolute atomic E-state index is 0.201. The quantitative estimate of drug-likeness (QED) is 0.670. The van der Waals surface area contributed by atoms with Crippen LogP contribution in [0.15, 0.2) is 29.3 Å². The average Bonchev–Trinajstić information content (AvgIpc) is 2.99. The van der Waals surface area contributed by atoms with E-state index in [0.29, 0.717) is 26.2 Å². The minimum atomic E-state index is -0.781. The second kappa shape index (κ2) is 7.67. The molecule has 3 aromatic heterocycles. The summed E-state index contributed by atoms with van der Waals surface area (Å²) >= 11 is 1.08. The summed E-state index contributed by atoms with van der Waals surface area (Å²) in [6, 6.07) is 3.06. The van der Waals surface area contributed by atoms with Crippen LogP contribution >= 0.6 is 11.3 Å². The Morgan fingerprint density at radius 3 is 2.63 bits per heavy atom. The van der Waals surface area contributed by atoms with Gasteiger partial charge in [-0.1, -0.05) is 0 Å². The molecular formula is C18H17N3O5S. The first kappa shape index (κ1) is 18.7. The first-order chi connectivity index (χ1) is 12.9. The van der Waals surface area contributed by atoms with Gasteiger partial charge in [-0.25, -0.2) is 14.6 Å². The lowest BCUT2D eigenvalue weighted by atomic mass is 10.2. The van der Waals surface area contributed by atoms with Gasteiger partial charge in [0.1, 0.15) is 9.71 Å². The first-order valence-electron chi connectivity index (χ1n) is 8.23. The van der Waals surface area contributed by atoms with E-state index < -0.39 is 23.6 Å². The zero-order valence-electron chi connectivity index (χ0n) is 14.9. The molecule has 1 atom stereocenters. The Kier molecular flexibility index (Phi) is 5.31. The van der Waals surface area contributed by atoms with Crippen molar-refractivity contribution in [2.45, 2.75) is 26.9 Å². The third-order valence-corrected chi connectivity index (χ3v) is 5.03. The molecule has 3 aromatic rings. The number of aromatic amines is 1. The molecule has 1 N–H and O–H groups in total. The molecular weight excluding hydrogens is 370 g/mol. The molecule has 9 heteroatoms. The van der Waals surface area contributed by atoms with Crippen LogP contribution in [0, 0.1) is 6.92 Å². The fraction of sp³-hybridized carbons (Fsp3) is 0.278. The maximum atomic E-state index is 12.5. The summed E-state index contributed by atoms with van der Waals surface area (Å²) in [5, 5.41) is 0.333. The fourth-order valence-electron chi connectivity index (χ4n) is 2.52. The van der Waals surface area contributed by atoms with E-state index in [1.807, 2.05) is 0 Å². The van der Waals surface area contributed by atoms with Gasteiger partial charge in [-0.05, 0) is 38.5 Å². The lowest BCUT2D eigenvalue weighted by Gasteiger charge is -2.12. The van der Waals surface area contributed by atoms with Gasteiger partial charge in [0.25, 0.3) is 5.56 Å². The van der Waals surface area contributed by atoms with E-state index in [1.165, 1.54) is 24.5 Å². The highest BCUT2D eigenvalue weighted by molar-refractivity contribution is 7.20. The number of thiophene rings is 1. The van der Waals surface area contributed by atoms with Crippen molar-refractivity contribution in [3.63, 3.8) is 0 Å². The summed E-state index contributed by atoms with van der Waals surface area (Å²) < 4.78 is 10.4. The van der Waals surface area contributed by atoms with Crippen molar-refractivity contribution in [2.75, 3.05) is 6.61 Å². The maximum absolute atomic E-state index is 12.5. The largest absolute Gasteiger partial charge is 0.462 e. The van der Waals surface area contributed by atoms with Crippen molar-refractivity contribution < 1.29 is 19.1 Å². The summed E-state index contributed by atoms with van der Waals surface area (Å²) in [7, 11) is 0. The molecule has 0 aliphatic rings. The van der Waals surface area contributed by atoms with E-state index in [-0.39, 0.29) is 12.4 Å². The number of rotatable bonds is 5. The Bertz CT molecular complexity index is 1060. The van der Waals surface area contributed by atoms with E-state index in [1.54, 1.807) is 20.8 Å². The summed E-state index contributed by atoms with van der Waals surface area (Å²) in [6.45, 7) is 5.23. The summed E-state index contributed by atoms with van der Waals surface area (Å²) in [6.07, 6.45) is 2.19. The number of nitrogens with zero attached hydrogens (tertiary/aromatic N) is 2. The number of pyridine rings is 1. The topological polar surface area (TPSA) is 111 Å². The number of nitrogens with one attached hydrogen (secondary N) is 1. The predicted octanol–water partition coefficient (Wildman–Crippen LogP) is 2.78. The average molecular weight is 387 g/mol. The molecule has 3 rings (SSSR count). The van der Waals surface area contributed by atoms with Crippen LogP contribution < -0.4 is 5.56 Å². The number of fused-ring (bicyclic) bond motifs is 1. The monoisotopic (exact) mass is 387 g/mol. The van der Waals surface area contributed by atoms with E-state index in [2.05, 4.69) is 15.0 Å². The molecule has 0 unspecified atom stereocenters. The second-order valence-electron chi connectivity index (χ2n) is 5.69. The van der Waals surface area contributed by atoms with E-state index >= 15 is 0 Å². The van der Waals surface area contributed by atoms with Gasteiger partial charge in [0, 0.05) is 12.4 Å². The van der Waals surface area contributed by atoms with Crippen LogP contribution in [0.1, 0.15) is 51.4 Å². The highest BCUT2D eigenvalue weighted by Crippen LogP contribution is 2.28. The van der Waals surface area contributed by atoms with Gasteiger partial charge in [0.05, 0.1) is 17.6 Å². The fourth-order valence-corrected chi connectivity index (χ4v) is 3.60. The van der Waals surface area contributed by atoms with Crippen molar-refractivity contribution in [1.82, 2.24) is 15.0 Å². The Morgan fingerprint density at radius 1 is 1.26 bits per heavy atom. The van der Waals surface area contributed by atoms with Crippen molar-refractivity contribution in [2.24, 2.45) is 0 Å². The number of carbonyl (C=O) groups excluding carboxylic acids is 2. The molecule has 0 saturated carbocycles. The van der Waals surface area contributed by atoms with Gasteiger partial charge in [-0.15, -0.1) is 11.3 Å². The number of hydrogen-bond acceptors (Lipinski definition) is 8. The Labute approximate surface area is 158 Å². The molecule has 0 radical (unpaired) electrons. The standard InChI is InChI=1S/C18H17N3O5S/c1-4-25-18(24)13-9(2)12-15(22)20-14(21-16(12)27-13)10(3)26-17(23)11-5-7-19-8-6-11/h5-8,10H,4H2,1-3H3,(H,20,21,22)/t10-/m0/s1. The molecule has 8 nitrogen and oxygen atoms in total. The number of aromatic nitrogens is 3. The van der Waals surface area contributed by atoms with Crippen LogP contribution in [0.2, 0.25) is 0 Å². The van der Waals surface area contributed by atoms with Gasteiger partial charge < -0.3 is 14.5 Å². The van der Waals surface area contributed by atoms with E-state index in [9.17, 15) is 14.4 Å². The third kappa shape index (κ3) is 3.72. The zero-order valence-corrected chi connectivity index (χ0v) is 15.8. The molecule has 0 bridgehead atoms. The SMILES string of the molecule is CCOC(=O)c1sc2nc([C@H](C)OC(=O)c3ccncc3)[nH]c(=O)c2c1C. The summed E-state index contributed by atoms with van der Waals surface area (Å²) in [4.78, 5) is 48.3. The highest BCUT2D eigenvalue weighted by atomic mass is 32.1. The van der Waals surface area contributed by atoms with Crippen LogP contribution in [-0.2, 0) is 9.47 Å². The number of carbonyl (C=O) groups is 2. The van der Waals surface area contributed by atoms with Gasteiger partial charge in [0.15, 0.2) is 11.9 Å². The Balaban J connectivity index is 1.92. The molecule has 0 aliphatic carbocycles. The van der Waals surface area contributed by atoms with E-state index in [4.69, 9.17) is 9.47 Å². The van der Waals surface area contributed by atoms with Crippen molar-refractivity contribution >= 4 is 33.5 Å². The minimum Gasteiger partial charge on any atom is -0.462 e. The second-order valence-corrected chi connectivity index (χ2v) is 6.69. The van der Waals surface area contributed by atoms with Gasteiger partial charge in [-0.2, -0.15) is 0 Å². The maximum Gasteiger partial charge on any atom is 0.348 e. The van der Waals surface area contributed by atoms with Crippen molar-refractivity contribution in [1.29, 1.82) is 0 Å². The van der Waals surface area contributed by atoms with Crippen molar-refractivity contribution in [3.8, 4) is 0 Å². The molecule has 0 fully saturated rings. The molecule has 0 spiro atoms. The third-order valence-electron chi connectivity index (χ3n) is 3.86. The Morgan fingerprint density at radius 2 is 1.96 bits per heavy atom. The lowest BCUT2D eigenvalue weighted by Crippen LogP contribution is -2.17. The van der Waals surface area contributed by atoms with Crippen LogP contribution in [0.25, 0.3) is 10.2 Å².